The van der Waals surface area contributed by atoms with Crippen LogP contribution in [-0.4, -0.2) is 48.2 Å². The minimum atomic E-state index is -0.857. The summed E-state index contributed by atoms with van der Waals surface area (Å²) in [6.45, 7) is 4.62. The Hall–Kier alpha value is -3.79. The summed E-state index contributed by atoms with van der Waals surface area (Å²) in [6.07, 6.45) is -2.80. The van der Waals surface area contributed by atoms with Gasteiger partial charge in [0.25, 0.3) is 0 Å². The van der Waals surface area contributed by atoms with Crippen LogP contribution >= 0.6 is 11.8 Å². The van der Waals surface area contributed by atoms with Crippen molar-refractivity contribution < 1.29 is 33.3 Å². The maximum Gasteiger partial charge on any atom is 0.306 e. The van der Waals surface area contributed by atoms with Gasteiger partial charge in [-0.3, -0.25) is 4.79 Å². The van der Waals surface area contributed by atoms with Gasteiger partial charge in [-0.15, -0.1) is 0 Å². The summed E-state index contributed by atoms with van der Waals surface area (Å²) in [6, 6.07) is 37.9. The van der Waals surface area contributed by atoms with E-state index in [1.54, 1.807) is 11.8 Å². The predicted molar refractivity (Wildman–Crippen MR) is 182 cm³/mol. The lowest BCUT2D eigenvalue weighted by Crippen LogP contribution is -2.60. The Balaban J connectivity index is 1.47. The molecule has 0 amide bonds. The van der Waals surface area contributed by atoms with Crippen LogP contribution in [-0.2, 0) is 53.1 Å². The highest BCUT2D eigenvalue weighted by molar-refractivity contribution is 7.99. The smallest absolute Gasteiger partial charge is 0.306 e. The highest BCUT2D eigenvalue weighted by atomic mass is 32.2. The minimum absolute atomic E-state index is 0.0358. The van der Waals surface area contributed by atoms with E-state index in [1.165, 1.54) is 6.92 Å². The van der Waals surface area contributed by atoms with E-state index in [0.29, 0.717) is 13.2 Å². The minimum Gasteiger partial charge on any atom is -0.457 e. The van der Waals surface area contributed by atoms with Crippen molar-refractivity contribution in [3.63, 3.8) is 0 Å². The van der Waals surface area contributed by atoms with Gasteiger partial charge in [-0.25, -0.2) is 0 Å². The van der Waals surface area contributed by atoms with Crippen molar-refractivity contribution in [3.05, 3.63) is 138 Å². The number of aryl methyl sites for hydroxylation is 1. The van der Waals surface area contributed by atoms with E-state index in [0.717, 1.165) is 27.1 Å². The second kappa shape index (κ2) is 17.9. The van der Waals surface area contributed by atoms with Gasteiger partial charge >= 0.3 is 5.97 Å². The monoisotopic (exact) mass is 654 g/mol. The molecule has 0 bridgehead atoms. The van der Waals surface area contributed by atoms with Crippen LogP contribution in [0.2, 0.25) is 0 Å². The molecule has 0 N–H and O–H groups in total. The maximum absolute atomic E-state index is 13.2. The van der Waals surface area contributed by atoms with Gasteiger partial charge < -0.3 is 28.5 Å². The van der Waals surface area contributed by atoms with Crippen LogP contribution in [0.15, 0.2) is 120 Å². The van der Waals surface area contributed by atoms with Crippen LogP contribution in [0.25, 0.3) is 0 Å². The number of rotatable bonds is 16. The molecule has 1 saturated heterocycles. The van der Waals surface area contributed by atoms with Crippen LogP contribution in [0.5, 0.6) is 0 Å². The Morgan fingerprint density at radius 1 is 0.660 bits per heavy atom. The SMILES string of the molecule is CC(=O)CCC(=O)O[C@@H]1[C@H](OCc2ccccc2)[C@@H](OCc2ccccc2)[C@H](Sc2ccc(C)cc2)O[C@@H]1COCc1ccccc1. The molecule has 1 heterocycles. The molecule has 0 unspecified atom stereocenters. The van der Waals surface area contributed by atoms with Gasteiger partial charge in [-0.05, 0) is 42.7 Å². The van der Waals surface area contributed by atoms with Crippen molar-refractivity contribution in [1.82, 2.24) is 0 Å². The summed E-state index contributed by atoms with van der Waals surface area (Å²) in [5.74, 6) is -0.582. The van der Waals surface area contributed by atoms with Crippen molar-refractivity contribution in [2.45, 2.75) is 81.3 Å². The first-order valence-corrected chi connectivity index (χ1v) is 16.8. The lowest BCUT2D eigenvalue weighted by molar-refractivity contribution is -0.249. The number of Topliss-reactive ketones (excluding diaryl/α,β-unsaturated/α-hetero) is 1. The molecule has 0 saturated carbocycles. The van der Waals surface area contributed by atoms with Gasteiger partial charge in [0.2, 0.25) is 0 Å². The van der Waals surface area contributed by atoms with Crippen molar-refractivity contribution in [1.29, 1.82) is 0 Å². The molecule has 7 nitrogen and oxygen atoms in total. The summed E-state index contributed by atoms with van der Waals surface area (Å²) < 4.78 is 32.4. The summed E-state index contributed by atoms with van der Waals surface area (Å²) in [5, 5.41) is 0. The van der Waals surface area contributed by atoms with Crippen molar-refractivity contribution >= 4 is 23.5 Å². The molecule has 4 aromatic rings. The highest BCUT2D eigenvalue weighted by Gasteiger charge is 2.50. The van der Waals surface area contributed by atoms with Crippen LogP contribution < -0.4 is 0 Å². The van der Waals surface area contributed by atoms with Crippen LogP contribution in [0.1, 0.15) is 42.0 Å². The molecule has 8 heteroatoms. The van der Waals surface area contributed by atoms with E-state index in [9.17, 15) is 9.59 Å². The van der Waals surface area contributed by atoms with Crippen LogP contribution in [0.4, 0.5) is 0 Å². The van der Waals surface area contributed by atoms with Crippen molar-refractivity contribution in [3.8, 4) is 0 Å². The molecule has 0 aromatic heterocycles. The zero-order chi connectivity index (χ0) is 32.8. The number of benzene rings is 4. The number of thioether (sulfide) groups is 1. The van der Waals surface area contributed by atoms with Crippen molar-refractivity contribution in [2.75, 3.05) is 6.61 Å². The normalized spacial score (nSPS) is 20.9. The topological polar surface area (TPSA) is 80.3 Å². The van der Waals surface area contributed by atoms with Crippen LogP contribution in [0, 0.1) is 6.92 Å². The van der Waals surface area contributed by atoms with E-state index >= 15 is 0 Å². The van der Waals surface area contributed by atoms with Gasteiger partial charge in [0.05, 0.1) is 32.8 Å². The van der Waals surface area contributed by atoms with E-state index in [4.69, 9.17) is 23.7 Å². The Labute approximate surface area is 281 Å². The number of carbonyl (C=O) groups is 2. The van der Waals surface area contributed by atoms with Gasteiger partial charge in [0.1, 0.15) is 29.5 Å². The summed E-state index contributed by atoms with van der Waals surface area (Å²) in [5.41, 5.74) is 3.63. The number of carbonyl (C=O) groups excluding carboxylic acids is 2. The first kappa shape index (κ1) is 34.5. The fourth-order valence-electron chi connectivity index (χ4n) is 5.26. The molecular formula is C39H42O7S. The van der Waals surface area contributed by atoms with E-state index in [1.807, 2.05) is 91.0 Å². The molecular weight excluding hydrogens is 612 g/mol. The zero-order valence-corrected chi connectivity index (χ0v) is 27.7. The molecule has 1 aliphatic rings. The fraction of sp³-hybridized carbons (Fsp3) is 0.333. The van der Waals surface area contributed by atoms with Gasteiger partial charge in [0.15, 0.2) is 6.10 Å². The third-order valence-electron chi connectivity index (χ3n) is 7.78. The Bertz CT molecular complexity index is 1520. The molecule has 0 aliphatic carbocycles. The van der Waals surface area contributed by atoms with Gasteiger partial charge in [0, 0.05) is 11.3 Å². The average Bonchev–Trinajstić information content (AvgIpc) is 3.09. The largest absolute Gasteiger partial charge is 0.457 e. The quantitative estimate of drug-likeness (QED) is 0.115. The second-order valence-corrected chi connectivity index (χ2v) is 12.8. The Kier molecular flexibility index (Phi) is 13.2. The number of ether oxygens (including phenoxy) is 5. The lowest BCUT2D eigenvalue weighted by atomic mass is 9.98. The molecule has 246 valence electrons. The molecule has 0 radical (unpaired) electrons. The Morgan fingerprint density at radius 2 is 1.19 bits per heavy atom. The molecule has 47 heavy (non-hydrogen) atoms. The Morgan fingerprint density at radius 3 is 1.74 bits per heavy atom. The van der Waals surface area contributed by atoms with E-state index in [-0.39, 0.29) is 31.8 Å². The van der Waals surface area contributed by atoms with E-state index < -0.39 is 35.8 Å². The maximum atomic E-state index is 13.2. The molecule has 1 aliphatic heterocycles. The van der Waals surface area contributed by atoms with E-state index in [2.05, 4.69) is 31.2 Å². The number of hydrogen-bond acceptors (Lipinski definition) is 8. The summed E-state index contributed by atoms with van der Waals surface area (Å²) >= 11 is 1.54. The molecule has 0 spiro atoms. The fourth-order valence-corrected chi connectivity index (χ4v) is 6.38. The first-order chi connectivity index (χ1) is 22.9. The number of esters is 1. The number of ketones is 1. The summed E-state index contributed by atoms with van der Waals surface area (Å²) in [4.78, 5) is 25.9. The van der Waals surface area contributed by atoms with Crippen molar-refractivity contribution in [2.24, 2.45) is 0 Å². The number of hydrogen-bond donors (Lipinski definition) is 0. The predicted octanol–water partition coefficient (Wildman–Crippen LogP) is 7.48. The summed E-state index contributed by atoms with van der Waals surface area (Å²) in [7, 11) is 0. The molecule has 5 atom stereocenters. The second-order valence-electron chi connectivity index (χ2n) is 11.7. The average molecular weight is 655 g/mol. The highest BCUT2D eigenvalue weighted by Crippen LogP contribution is 2.38. The van der Waals surface area contributed by atoms with Gasteiger partial charge in [-0.1, -0.05) is 120 Å². The first-order valence-electron chi connectivity index (χ1n) is 15.9. The standard InChI is InChI=1S/C39H42O7S/c1-28-18-21-33(22-19-28)47-39-38(44-26-32-16-10-5-11-17-32)37(43-25-31-14-8-4-9-15-31)36(46-35(41)23-20-29(2)40)34(45-39)27-42-24-30-12-6-3-7-13-30/h3-19,21-22,34,36-39H,20,23-27H2,1-2H3/t34-,36+,37+,38-,39+/m1/s1. The molecule has 5 rings (SSSR count). The molecule has 1 fully saturated rings. The lowest BCUT2D eigenvalue weighted by Gasteiger charge is -2.45. The third-order valence-corrected chi connectivity index (χ3v) is 8.93. The zero-order valence-electron chi connectivity index (χ0n) is 26.9. The van der Waals surface area contributed by atoms with Crippen LogP contribution in [0.3, 0.4) is 0 Å². The molecule has 4 aromatic carbocycles. The van der Waals surface area contributed by atoms with Gasteiger partial charge in [-0.2, -0.15) is 0 Å². The third kappa shape index (κ3) is 10.9.